The maximum atomic E-state index is 14.7. The van der Waals surface area contributed by atoms with Crippen LogP contribution in [0.2, 0.25) is 15.1 Å². The van der Waals surface area contributed by atoms with Gasteiger partial charge in [-0.1, -0.05) is 40.9 Å². The molecule has 0 unspecified atom stereocenters. The smallest absolute Gasteiger partial charge is 0.344 e. The monoisotopic (exact) mass is 467 g/mol. The predicted molar refractivity (Wildman–Crippen MR) is 118 cm³/mol. The third kappa shape index (κ3) is 3.85. The van der Waals surface area contributed by atoms with E-state index in [1.807, 2.05) is 6.92 Å². The number of benzene rings is 2. The number of pyridine rings is 1. The second kappa shape index (κ2) is 8.80. The minimum Gasteiger partial charge on any atom is -0.465 e. The van der Waals surface area contributed by atoms with Crippen LogP contribution in [0.15, 0.2) is 41.2 Å². The fourth-order valence-electron chi connectivity index (χ4n) is 3.47. The molecule has 4 nitrogen and oxygen atoms in total. The zero-order valence-corrected chi connectivity index (χ0v) is 18.6. The van der Waals surface area contributed by atoms with Crippen molar-refractivity contribution in [1.29, 1.82) is 0 Å². The summed E-state index contributed by atoms with van der Waals surface area (Å²) in [7, 11) is 1.18. The third-order valence-electron chi connectivity index (χ3n) is 4.83. The van der Waals surface area contributed by atoms with Gasteiger partial charge in [-0.25, -0.2) is 9.18 Å². The number of ether oxygens (including phenoxy) is 1. The first-order chi connectivity index (χ1) is 14.2. The highest BCUT2D eigenvalue weighted by Gasteiger charge is 2.27. The van der Waals surface area contributed by atoms with Crippen molar-refractivity contribution in [2.75, 3.05) is 7.11 Å². The van der Waals surface area contributed by atoms with E-state index in [2.05, 4.69) is 0 Å². The van der Waals surface area contributed by atoms with Crippen molar-refractivity contribution < 1.29 is 13.9 Å². The first-order valence-corrected chi connectivity index (χ1v) is 10.1. The van der Waals surface area contributed by atoms with Crippen molar-refractivity contribution in [3.8, 4) is 22.4 Å². The quantitative estimate of drug-likeness (QED) is 0.416. The first-order valence-electron chi connectivity index (χ1n) is 8.97. The lowest BCUT2D eigenvalue weighted by Crippen LogP contribution is -2.26. The Hall–Kier alpha value is -2.34. The van der Waals surface area contributed by atoms with E-state index < -0.39 is 17.2 Å². The molecule has 0 saturated carbocycles. The lowest BCUT2D eigenvalue weighted by Gasteiger charge is -2.22. The lowest BCUT2D eigenvalue weighted by atomic mass is 9.96. The summed E-state index contributed by atoms with van der Waals surface area (Å²) in [4.78, 5) is 26.1. The predicted octanol–water partition coefficient (Wildman–Crippen LogP) is 6.40. The van der Waals surface area contributed by atoms with Crippen LogP contribution in [0.3, 0.4) is 0 Å². The van der Waals surface area contributed by atoms with E-state index in [0.29, 0.717) is 28.5 Å². The molecule has 0 amide bonds. The summed E-state index contributed by atoms with van der Waals surface area (Å²) < 4.78 is 21.3. The van der Waals surface area contributed by atoms with E-state index in [9.17, 15) is 14.0 Å². The van der Waals surface area contributed by atoms with Crippen LogP contribution in [-0.2, 0) is 11.3 Å². The Kier molecular flexibility index (Phi) is 6.56. The van der Waals surface area contributed by atoms with Gasteiger partial charge in [0.1, 0.15) is 11.4 Å². The molecule has 0 aliphatic carbocycles. The number of halogens is 4. The molecule has 0 spiro atoms. The zero-order chi connectivity index (χ0) is 22.2. The van der Waals surface area contributed by atoms with Crippen molar-refractivity contribution in [2.45, 2.75) is 20.4 Å². The van der Waals surface area contributed by atoms with E-state index in [1.54, 1.807) is 29.7 Å². The fraction of sp³-hybridized carbons (Fsp3) is 0.182. The average Bonchev–Trinajstić information content (AvgIpc) is 2.70. The van der Waals surface area contributed by atoms with E-state index in [0.717, 1.165) is 6.07 Å². The Morgan fingerprint density at radius 1 is 1.10 bits per heavy atom. The molecule has 3 aromatic rings. The van der Waals surface area contributed by atoms with E-state index in [1.165, 1.54) is 19.2 Å². The molecule has 0 N–H and O–H groups in total. The van der Waals surface area contributed by atoms with Crippen LogP contribution in [0.4, 0.5) is 4.39 Å². The Labute approximate surface area is 187 Å². The van der Waals surface area contributed by atoms with Crippen molar-refractivity contribution in [2.24, 2.45) is 0 Å². The van der Waals surface area contributed by atoms with Gasteiger partial charge < -0.3 is 9.30 Å². The van der Waals surface area contributed by atoms with E-state index in [4.69, 9.17) is 39.5 Å². The molecule has 30 heavy (non-hydrogen) atoms. The lowest BCUT2D eigenvalue weighted by molar-refractivity contribution is 0.0599. The summed E-state index contributed by atoms with van der Waals surface area (Å²) >= 11 is 18.1. The van der Waals surface area contributed by atoms with Crippen molar-refractivity contribution in [1.82, 2.24) is 4.57 Å². The van der Waals surface area contributed by atoms with Gasteiger partial charge in [0, 0.05) is 28.4 Å². The fourth-order valence-corrected chi connectivity index (χ4v) is 3.93. The van der Waals surface area contributed by atoms with Gasteiger partial charge in [0.15, 0.2) is 0 Å². The SMILES string of the molecule is CCn1c(C)c(-c2ccc(Cl)cc2F)c(=O)c(C(=O)OC)c1-c1ccc(Cl)c(Cl)c1. The highest BCUT2D eigenvalue weighted by atomic mass is 35.5. The summed E-state index contributed by atoms with van der Waals surface area (Å²) in [5.41, 5.74) is 0.570. The van der Waals surface area contributed by atoms with Gasteiger partial charge in [-0.2, -0.15) is 0 Å². The maximum Gasteiger partial charge on any atom is 0.344 e. The minimum absolute atomic E-state index is 0.0509. The summed E-state index contributed by atoms with van der Waals surface area (Å²) in [5, 5.41) is 0.804. The molecular formula is C22H17Cl3FNO3. The second-order valence-electron chi connectivity index (χ2n) is 6.50. The second-order valence-corrected chi connectivity index (χ2v) is 7.75. The standard InChI is InChI=1S/C22H17Cl3FNO3/c1-4-27-11(2)18(14-7-6-13(23)10-17(14)26)21(28)19(22(29)30-3)20(27)12-5-8-15(24)16(25)9-12/h5-10H,4H2,1-3H3. The molecule has 0 bridgehead atoms. The number of carbonyl (C=O) groups excluding carboxylic acids is 1. The highest BCUT2D eigenvalue weighted by molar-refractivity contribution is 6.42. The largest absolute Gasteiger partial charge is 0.465 e. The van der Waals surface area contributed by atoms with Crippen LogP contribution in [0.1, 0.15) is 23.0 Å². The molecule has 0 saturated heterocycles. The van der Waals surface area contributed by atoms with Gasteiger partial charge in [-0.05, 0) is 44.2 Å². The molecule has 1 aromatic heterocycles. The highest BCUT2D eigenvalue weighted by Crippen LogP contribution is 2.34. The van der Waals surface area contributed by atoms with Crippen LogP contribution in [0.25, 0.3) is 22.4 Å². The molecule has 1 heterocycles. The van der Waals surface area contributed by atoms with Crippen LogP contribution in [0.5, 0.6) is 0 Å². The summed E-state index contributed by atoms with van der Waals surface area (Å²) in [6.45, 7) is 3.94. The molecule has 8 heteroatoms. The molecule has 0 aliphatic rings. The van der Waals surface area contributed by atoms with Gasteiger partial charge in [0.25, 0.3) is 0 Å². The molecule has 2 aromatic carbocycles. The van der Waals surface area contributed by atoms with Gasteiger partial charge >= 0.3 is 5.97 Å². The normalized spacial score (nSPS) is 10.9. The van der Waals surface area contributed by atoms with Gasteiger partial charge in [-0.3, -0.25) is 4.79 Å². The number of aromatic nitrogens is 1. The Balaban J connectivity index is 2.49. The van der Waals surface area contributed by atoms with Crippen LogP contribution in [0, 0.1) is 12.7 Å². The number of rotatable bonds is 4. The number of nitrogens with zero attached hydrogens (tertiary/aromatic N) is 1. The number of hydrogen-bond donors (Lipinski definition) is 0. The Morgan fingerprint density at radius 3 is 2.37 bits per heavy atom. The van der Waals surface area contributed by atoms with Crippen molar-refractivity contribution >= 4 is 40.8 Å². The number of hydrogen-bond acceptors (Lipinski definition) is 3. The van der Waals surface area contributed by atoms with Crippen molar-refractivity contribution in [3.05, 3.63) is 78.8 Å². The summed E-state index contributed by atoms with van der Waals surface area (Å²) in [6, 6.07) is 8.83. The molecule has 0 aliphatic heterocycles. The number of methoxy groups -OCH3 is 1. The van der Waals surface area contributed by atoms with Crippen LogP contribution in [-0.4, -0.2) is 17.6 Å². The molecule has 0 atom stereocenters. The summed E-state index contributed by atoms with van der Waals surface area (Å²) in [6.07, 6.45) is 0. The van der Waals surface area contributed by atoms with E-state index in [-0.39, 0.29) is 26.7 Å². The zero-order valence-electron chi connectivity index (χ0n) is 16.4. The molecular weight excluding hydrogens is 452 g/mol. The van der Waals surface area contributed by atoms with Gasteiger partial charge in [0.2, 0.25) is 5.43 Å². The van der Waals surface area contributed by atoms with Crippen molar-refractivity contribution in [3.63, 3.8) is 0 Å². The number of carbonyl (C=O) groups is 1. The summed E-state index contributed by atoms with van der Waals surface area (Å²) in [5.74, 6) is -1.50. The Bertz CT molecular complexity index is 1220. The minimum atomic E-state index is -0.834. The topological polar surface area (TPSA) is 48.3 Å². The van der Waals surface area contributed by atoms with Crippen LogP contribution >= 0.6 is 34.8 Å². The molecule has 0 fully saturated rings. The maximum absolute atomic E-state index is 14.7. The number of esters is 1. The molecule has 3 rings (SSSR count). The Morgan fingerprint density at radius 2 is 1.80 bits per heavy atom. The van der Waals surface area contributed by atoms with E-state index >= 15 is 0 Å². The molecule has 156 valence electrons. The average molecular weight is 469 g/mol. The van der Waals surface area contributed by atoms with Gasteiger partial charge in [-0.15, -0.1) is 0 Å². The van der Waals surface area contributed by atoms with Gasteiger partial charge in [0.05, 0.1) is 28.4 Å². The van der Waals surface area contributed by atoms with Crippen LogP contribution < -0.4 is 5.43 Å². The molecule has 0 radical (unpaired) electrons. The first kappa shape index (κ1) is 22.3. The third-order valence-corrected chi connectivity index (χ3v) is 5.80.